The van der Waals surface area contributed by atoms with Gasteiger partial charge in [-0.2, -0.15) is 5.10 Å². The maximum atomic E-state index is 5.75. The van der Waals surface area contributed by atoms with Gasteiger partial charge in [-0.1, -0.05) is 0 Å². The van der Waals surface area contributed by atoms with Crippen LogP contribution in [-0.2, 0) is 4.74 Å². The highest BCUT2D eigenvalue weighted by molar-refractivity contribution is 5.82. The Labute approximate surface area is 94.0 Å². The van der Waals surface area contributed by atoms with E-state index in [1.165, 1.54) is 5.52 Å². The molecule has 84 valence electrons. The number of aromatic nitrogens is 2. The zero-order valence-electron chi connectivity index (χ0n) is 9.10. The van der Waals surface area contributed by atoms with E-state index in [0.29, 0.717) is 6.04 Å². The second-order valence-electron chi connectivity index (χ2n) is 4.25. The molecular formula is C12H15N3O. The lowest BCUT2D eigenvalue weighted by molar-refractivity contribution is 0.0675. The smallest absolute Gasteiger partial charge is 0.0687 e. The molecule has 1 aliphatic rings. The molecule has 16 heavy (non-hydrogen) atoms. The molecule has 0 radical (unpaired) electrons. The van der Waals surface area contributed by atoms with Crippen molar-refractivity contribution in [1.29, 1.82) is 0 Å². The quantitative estimate of drug-likeness (QED) is 0.743. The molecule has 0 saturated carbocycles. The van der Waals surface area contributed by atoms with E-state index < -0.39 is 0 Å². The van der Waals surface area contributed by atoms with E-state index >= 15 is 0 Å². The third-order valence-corrected chi connectivity index (χ3v) is 3.16. The summed E-state index contributed by atoms with van der Waals surface area (Å²) < 4.78 is 7.48. The van der Waals surface area contributed by atoms with Crippen LogP contribution in [0.5, 0.6) is 0 Å². The molecular weight excluding hydrogens is 202 g/mol. The molecule has 1 aromatic heterocycles. The summed E-state index contributed by atoms with van der Waals surface area (Å²) in [5, 5.41) is 5.58. The summed E-state index contributed by atoms with van der Waals surface area (Å²) in [6.45, 7) is 1.67. The van der Waals surface area contributed by atoms with Crippen LogP contribution in [0.2, 0.25) is 0 Å². The molecule has 4 heteroatoms. The number of benzene rings is 1. The fourth-order valence-electron chi connectivity index (χ4n) is 2.29. The van der Waals surface area contributed by atoms with E-state index in [9.17, 15) is 0 Å². The fourth-order valence-corrected chi connectivity index (χ4v) is 2.29. The van der Waals surface area contributed by atoms with Crippen molar-refractivity contribution < 1.29 is 4.74 Å². The predicted molar refractivity (Wildman–Crippen MR) is 63.2 cm³/mol. The van der Waals surface area contributed by atoms with Crippen molar-refractivity contribution in [3.63, 3.8) is 0 Å². The average Bonchev–Trinajstić information content (AvgIpc) is 2.73. The Hall–Kier alpha value is -1.55. The number of ether oxygens (including phenoxy) is 1. The van der Waals surface area contributed by atoms with Gasteiger partial charge in [-0.3, -0.25) is 4.68 Å². The molecule has 0 bridgehead atoms. The van der Waals surface area contributed by atoms with E-state index in [2.05, 4.69) is 9.78 Å². The number of rotatable bonds is 1. The van der Waals surface area contributed by atoms with Gasteiger partial charge in [-0.05, 0) is 31.0 Å². The number of hydrogen-bond donors (Lipinski definition) is 1. The Morgan fingerprint density at radius 2 is 2.12 bits per heavy atom. The molecule has 0 aliphatic carbocycles. The molecule has 0 unspecified atom stereocenters. The molecule has 3 rings (SSSR count). The number of hydrogen-bond acceptors (Lipinski definition) is 3. The zero-order chi connectivity index (χ0) is 11.0. The Balaban J connectivity index is 2.03. The highest BCUT2D eigenvalue weighted by Crippen LogP contribution is 2.25. The topological polar surface area (TPSA) is 53.1 Å². The summed E-state index contributed by atoms with van der Waals surface area (Å²) in [7, 11) is 0. The Morgan fingerprint density at radius 3 is 2.94 bits per heavy atom. The zero-order valence-corrected chi connectivity index (χ0v) is 9.10. The first-order valence-electron chi connectivity index (χ1n) is 5.65. The summed E-state index contributed by atoms with van der Waals surface area (Å²) in [5.74, 6) is 0. The first-order chi connectivity index (χ1) is 7.84. The maximum Gasteiger partial charge on any atom is 0.0687 e. The third-order valence-electron chi connectivity index (χ3n) is 3.16. The van der Waals surface area contributed by atoms with Gasteiger partial charge in [0.25, 0.3) is 0 Å². The average molecular weight is 217 g/mol. The van der Waals surface area contributed by atoms with E-state index in [4.69, 9.17) is 10.5 Å². The normalized spacial score (nSPS) is 18.0. The van der Waals surface area contributed by atoms with Crippen LogP contribution in [0, 0.1) is 0 Å². The lowest BCUT2D eigenvalue weighted by Crippen LogP contribution is -2.20. The molecule has 2 heterocycles. The lowest BCUT2D eigenvalue weighted by atomic mass is 10.1. The first kappa shape index (κ1) is 9.66. The van der Waals surface area contributed by atoms with Crippen LogP contribution in [0.3, 0.4) is 0 Å². The SMILES string of the molecule is Nc1ccc2c(cnn2C2CCOCC2)c1. The number of nitrogens with two attached hydrogens (primary N) is 1. The molecule has 0 amide bonds. The van der Waals surface area contributed by atoms with E-state index in [-0.39, 0.29) is 0 Å². The van der Waals surface area contributed by atoms with Crippen LogP contribution in [0.1, 0.15) is 18.9 Å². The van der Waals surface area contributed by atoms with Gasteiger partial charge >= 0.3 is 0 Å². The van der Waals surface area contributed by atoms with Crippen molar-refractivity contribution >= 4 is 16.6 Å². The van der Waals surface area contributed by atoms with Crippen molar-refractivity contribution in [1.82, 2.24) is 9.78 Å². The van der Waals surface area contributed by atoms with Gasteiger partial charge in [0, 0.05) is 24.3 Å². The van der Waals surface area contributed by atoms with Crippen molar-refractivity contribution in [2.45, 2.75) is 18.9 Å². The Morgan fingerprint density at radius 1 is 1.31 bits per heavy atom. The van der Waals surface area contributed by atoms with Crippen LogP contribution in [0.25, 0.3) is 10.9 Å². The highest BCUT2D eigenvalue weighted by atomic mass is 16.5. The summed E-state index contributed by atoms with van der Waals surface area (Å²) >= 11 is 0. The monoisotopic (exact) mass is 217 g/mol. The van der Waals surface area contributed by atoms with Gasteiger partial charge in [0.2, 0.25) is 0 Å². The van der Waals surface area contributed by atoms with Gasteiger partial charge < -0.3 is 10.5 Å². The Bertz CT molecular complexity index is 500. The molecule has 1 aliphatic heterocycles. The molecule has 4 nitrogen and oxygen atoms in total. The minimum Gasteiger partial charge on any atom is -0.399 e. The van der Waals surface area contributed by atoms with Crippen molar-refractivity contribution in [3.8, 4) is 0 Å². The van der Waals surface area contributed by atoms with Gasteiger partial charge in [0.05, 0.1) is 17.8 Å². The van der Waals surface area contributed by atoms with Crippen LogP contribution in [0.15, 0.2) is 24.4 Å². The minimum absolute atomic E-state index is 0.467. The van der Waals surface area contributed by atoms with Crippen molar-refractivity contribution in [3.05, 3.63) is 24.4 Å². The highest BCUT2D eigenvalue weighted by Gasteiger charge is 2.17. The largest absolute Gasteiger partial charge is 0.399 e. The number of nitrogens with zero attached hydrogens (tertiary/aromatic N) is 2. The lowest BCUT2D eigenvalue weighted by Gasteiger charge is -2.23. The van der Waals surface area contributed by atoms with Crippen LogP contribution >= 0.6 is 0 Å². The standard InChI is InChI=1S/C12H15N3O/c13-10-1-2-12-9(7-10)8-14-15(12)11-3-5-16-6-4-11/h1-2,7-8,11H,3-6,13H2. The molecule has 1 saturated heterocycles. The van der Waals surface area contributed by atoms with Crippen molar-refractivity contribution in [2.24, 2.45) is 0 Å². The number of anilines is 1. The second kappa shape index (κ2) is 3.79. The maximum absolute atomic E-state index is 5.75. The molecule has 2 N–H and O–H groups in total. The van der Waals surface area contributed by atoms with Gasteiger partial charge in [-0.25, -0.2) is 0 Å². The summed E-state index contributed by atoms with van der Waals surface area (Å²) in [6, 6.07) is 6.42. The van der Waals surface area contributed by atoms with E-state index in [0.717, 1.165) is 37.1 Å². The molecule has 1 fully saturated rings. The van der Waals surface area contributed by atoms with Gasteiger partial charge in [0.15, 0.2) is 0 Å². The number of nitrogen functional groups attached to an aromatic ring is 1. The number of fused-ring (bicyclic) bond motifs is 1. The van der Waals surface area contributed by atoms with Crippen LogP contribution in [0.4, 0.5) is 5.69 Å². The second-order valence-corrected chi connectivity index (χ2v) is 4.25. The predicted octanol–water partition coefficient (Wildman–Crippen LogP) is 1.97. The first-order valence-corrected chi connectivity index (χ1v) is 5.65. The van der Waals surface area contributed by atoms with Gasteiger partial charge in [-0.15, -0.1) is 0 Å². The van der Waals surface area contributed by atoms with E-state index in [1.807, 2.05) is 24.4 Å². The summed E-state index contributed by atoms with van der Waals surface area (Å²) in [4.78, 5) is 0. The van der Waals surface area contributed by atoms with E-state index in [1.54, 1.807) is 0 Å². The molecule has 1 aromatic carbocycles. The molecule has 0 atom stereocenters. The van der Waals surface area contributed by atoms with Crippen molar-refractivity contribution in [2.75, 3.05) is 18.9 Å². The minimum atomic E-state index is 0.467. The summed E-state index contributed by atoms with van der Waals surface area (Å²) in [6.07, 6.45) is 3.98. The Kier molecular flexibility index (Phi) is 2.29. The molecule has 2 aromatic rings. The fraction of sp³-hybridized carbons (Fsp3) is 0.417. The van der Waals surface area contributed by atoms with Crippen LogP contribution in [-0.4, -0.2) is 23.0 Å². The third kappa shape index (κ3) is 1.55. The van der Waals surface area contributed by atoms with Gasteiger partial charge in [0.1, 0.15) is 0 Å². The summed E-state index contributed by atoms with van der Waals surface area (Å²) in [5.41, 5.74) is 7.71. The molecule has 0 spiro atoms. The van der Waals surface area contributed by atoms with Crippen LogP contribution < -0.4 is 5.73 Å².